The van der Waals surface area contributed by atoms with Crippen molar-refractivity contribution in [1.29, 1.82) is 5.26 Å². The number of carboxylic acid groups (broad SMARTS) is 2. The second kappa shape index (κ2) is 4.17. The van der Waals surface area contributed by atoms with Gasteiger partial charge in [-0.1, -0.05) is 0 Å². The second-order valence-corrected chi connectivity index (χ2v) is 3.69. The van der Waals surface area contributed by atoms with E-state index >= 15 is 0 Å². The number of hydrogen-bond donors (Lipinski definition) is 2. The summed E-state index contributed by atoms with van der Waals surface area (Å²) in [7, 11) is 0. The minimum Gasteiger partial charge on any atom is -0.481 e. The van der Waals surface area contributed by atoms with Crippen LogP contribution in [-0.4, -0.2) is 40.3 Å². The Hall–Kier alpha value is -1.77. The molecule has 2 N–H and O–H groups in total. The van der Waals surface area contributed by atoms with Crippen LogP contribution in [-0.2, 0) is 4.79 Å². The molecule has 1 aliphatic rings. The van der Waals surface area contributed by atoms with E-state index in [4.69, 9.17) is 15.5 Å². The van der Waals surface area contributed by atoms with Crippen molar-refractivity contribution >= 4 is 12.1 Å². The molecule has 1 fully saturated rings. The highest BCUT2D eigenvalue weighted by atomic mass is 16.4. The predicted octanol–water partition coefficient (Wildman–Crippen LogP) is 0.745. The van der Waals surface area contributed by atoms with Gasteiger partial charge in [0.25, 0.3) is 0 Å². The number of nitrogens with zero attached hydrogens (tertiary/aromatic N) is 2. The van der Waals surface area contributed by atoms with Crippen LogP contribution in [0.4, 0.5) is 4.79 Å². The third-order valence-electron chi connectivity index (χ3n) is 2.86. The van der Waals surface area contributed by atoms with E-state index in [0.29, 0.717) is 0 Å². The Labute approximate surface area is 86.7 Å². The van der Waals surface area contributed by atoms with E-state index in [2.05, 4.69) is 0 Å². The third kappa shape index (κ3) is 2.18. The molecule has 0 unspecified atom stereocenters. The number of likely N-dealkylation sites (tertiary alicyclic amines) is 1. The van der Waals surface area contributed by atoms with Crippen LogP contribution in [0.2, 0.25) is 0 Å². The van der Waals surface area contributed by atoms with Crippen LogP contribution in [0.5, 0.6) is 0 Å². The van der Waals surface area contributed by atoms with E-state index in [0.717, 1.165) is 0 Å². The number of nitriles is 1. The summed E-state index contributed by atoms with van der Waals surface area (Å²) in [5.74, 6) is -1.01. The van der Waals surface area contributed by atoms with Gasteiger partial charge in [0.05, 0.1) is 17.9 Å². The monoisotopic (exact) mass is 212 g/mol. The largest absolute Gasteiger partial charge is 0.481 e. The number of rotatable bonds is 2. The van der Waals surface area contributed by atoms with E-state index in [1.165, 1.54) is 4.90 Å². The molecule has 6 heteroatoms. The van der Waals surface area contributed by atoms with Crippen molar-refractivity contribution in [2.75, 3.05) is 13.1 Å². The van der Waals surface area contributed by atoms with Crippen LogP contribution in [0.3, 0.4) is 0 Å². The Morgan fingerprint density at radius 3 is 2.20 bits per heavy atom. The Kier molecular flexibility index (Phi) is 3.14. The highest BCUT2D eigenvalue weighted by Gasteiger charge is 2.42. The molecule has 0 aliphatic carbocycles. The Bertz CT molecular complexity index is 313. The fourth-order valence-electron chi connectivity index (χ4n) is 1.74. The lowest BCUT2D eigenvalue weighted by Gasteiger charge is -2.36. The summed E-state index contributed by atoms with van der Waals surface area (Å²) < 4.78 is 0. The third-order valence-corrected chi connectivity index (χ3v) is 2.86. The minimum absolute atomic E-state index is 0.0597. The Balaban J connectivity index is 2.70. The van der Waals surface area contributed by atoms with Crippen molar-refractivity contribution in [2.45, 2.75) is 19.3 Å². The van der Waals surface area contributed by atoms with Gasteiger partial charge in [0, 0.05) is 13.1 Å². The van der Waals surface area contributed by atoms with Crippen molar-refractivity contribution in [3.05, 3.63) is 0 Å². The van der Waals surface area contributed by atoms with Gasteiger partial charge in [-0.15, -0.1) is 0 Å². The summed E-state index contributed by atoms with van der Waals surface area (Å²) >= 11 is 0. The van der Waals surface area contributed by atoms with E-state index in [1.807, 2.05) is 6.07 Å². The SMILES string of the molecule is N#CCC1(C(=O)O)CCN(C(=O)O)CC1. The van der Waals surface area contributed by atoms with E-state index < -0.39 is 17.5 Å². The fraction of sp³-hybridized carbons (Fsp3) is 0.667. The van der Waals surface area contributed by atoms with Gasteiger partial charge in [0.15, 0.2) is 0 Å². The zero-order valence-corrected chi connectivity index (χ0v) is 8.14. The normalized spacial score (nSPS) is 19.3. The topological polar surface area (TPSA) is 102 Å². The number of carboxylic acids is 1. The van der Waals surface area contributed by atoms with Crippen molar-refractivity contribution < 1.29 is 19.8 Å². The lowest BCUT2D eigenvalue weighted by atomic mass is 9.76. The summed E-state index contributed by atoms with van der Waals surface area (Å²) in [4.78, 5) is 22.8. The van der Waals surface area contributed by atoms with Crippen LogP contribution < -0.4 is 0 Å². The molecule has 0 aromatic carbocycles. The standard InChI is InChI=1S/C9H12N2O4/c10-4-1-9(7(12)13)2-5-11(6-3-9)8(14)15/h1-3,5-6H2,(H,12,13)(H,14,15). The molecule has 0 aromatic heterocycles. The average molecular weight is 212 g/mol. The fourth-order valence-corrected chi connectivity index (χ4v) is 1.74. The van der Waals surface area contributed by atoms with Gasteiger partial charge in [-0.05, 0) is 12.8 Å². The molecule has 82 valence electrons. The molecule has 0 radical (unpaired) electrons. The van der Waals surface area contributed by atoms with Gasteiger partial charge >= 0.3 is 12.1 Å². The molecule has 0 spiro atoms. The molecular weight excluding hydrogens is 200 g/mol. The molecule has 15 heavy (non-hydrogen) atoms. The molecular formula is C9H12N2O4. The first-order valence-corrected chi connectivity index (χ1v) is 4.60. The highest BCUT2D eigenvalue weighted by molar-refractivity contribution is 5.75. The smallest absolute Gasteiger partial charge is 0.407 e. The van der Waals surface area contributed by atoms with Crippen molar-refractivity contribution in [1.82, 2.24) is 4.90 Å². The van der Waals surface area contributed by atoms with Crippen molar-refractivity contribution in [2.24, 2.45) is 5.41 Å². The number of hydrogen-bond acceptors (Lipinski definition) is 3. The van der Waals surface area contributed by atoms with Crippen LogP contribution in [0.15, 0.2) is 0 Å². The highest BCUT2D eigenvalue weighted by Crippen LogP contribution is 2.34. The maximum Gasteiger partial charge on any atom is 0.407 e. The number of carbonyl (C=O) groups is 2. The lowest BCUT2D eigenvalue weighted by molar-refractivity contribution is -0.151. The second-order valence-electron chi connectivity index (χ2n) is 3.69. The molecule has 6 nitrogen and oxygen atoms in total. The van der Waals surface area contributed by atoms with Gasteiger partial charge in [-0.2, -0.15) is 5.26 Å². The van der Waals surface area contributed by atoms with Gasteiger partial charge in [0.2, 0.25) is 0 Å². The molecule has 1 rings (SSSR count). The van der Waals surface area contributed by atoms with Gasteiger partial charge in [-0.25, -0.2) is 4.79 Å². The van der Waals surface area contributed by atoms with E-state index in [9.17, 15) is 9.59 Å². The lowest BCUT2D eigenvalue weighted by Crippen LogP contribution is -2.46. The summed E-state index contributed by atoms with van der Waals surface area (Å²) in [6, 6.07) is 1.86. The first-order valence-electron chi connectivity index (χ1n) is 4.60. The van der Waals surface area contributed by atoms with Crippen LogP contribution in [0, 0.1) is 16.7 Å². The molecule has 0 aromatic rings. The van der Waals surface area contributed by atoms with Gasteiger partial charge in [-0.3, -0.25) is 4.79 Å². The van der Waals surface area contributed by atoms with Crippen LogP contribution >= 0.6 is 0 Å². The van der Waals surface area contributed by atoms with E-state index in [-0.39, 0.29) is 32.4 Å². The van der Waals surface area contributed by atoms with Gasteiger partial charge < -0.3 is 15.1 Å². The first-order chi connectivity index (χ1) is 7.02. The van der Waals surface area contributed by atoms with Crippen LogP contribution in [0.25, 0.3) is 0 Å². The molecule has 1 saturated heterocycles. The molecule has 1 aliphatic heterocycles. The maximum absolute atomic E-state index is 11.0. The number of aliphatic carboxylic acids is 1. The zero-order valence-electron chi connectivity index (χ0n) is 8.14. The summed E-state index contributed by atoms with van der Waals surface area (Å²) in [6.07, 6.45) is -0.675. The Morgan fingerprint density at radius 1 is 1.33 bits per heavy atom. The van der Waals surface area contributed by atoms with Crippen molar-refractivity contribution in [3.63, 3.8) is 0 Å². The quantitative estimate of drug-likeness (QED) is 0.703. The summed E-state index contributed by atoms with van der Waals surface area (Å²) in [5, 5.41) is 26.3. The number of amides is 1. The molecule has 0 bridgehead atoms. The zero-order chi connectivity index (χ0) is 11.5. The Morgan fingerprint density at radius 2 is 1.87 bits per heavy atom. The van der Waals surface area contributed by atoms with Crippen molar-refractivity contribution in [3.8, 4) is 6.07 Å². The maximum atomic E-state index is 11.0. The summed E-state index contributed by atoms with van der Waals surface area (Å²) in [5.41, 5.74) is -1.05. The van der Waals surface area contributed by atoms with E-state index in [1.54, 1.807) is 0 Å². The molecule has 0 atom stereocenters. The minimum atomic E-state index is -1.05. The van der Waals surface area contributed by atoms with Gasteiger partial charge in [0.1, 0.15) is 0 Å². The molecule has 1 heterocycles. The number of piperidine rings is 1. The molecule has 0 saturated carbocycles. The molecule has 1 amide bonds. The average Bonchev–Trinajstić information content (AvgIpc) is 2.18. The first kappa shape index (κ1) is 11.3. The summed E-state index contributed by atoms with van der Waals surface area (Å²) in [6.45, 7) is 0.368. The van der Waals surface area contributed by atoms with Crippen LogP contribution in [0.1, 0.15) is 19.3 Å². The predicted molar refractivity (Wildman–Crippen MR) is 49.1 cm³/mol.